The van der Waals surface area contributed by atoms with Crippen LogP contribution in [0, 0.1) is 5.92 Å². The first-order chi connectivity index (χ1) is 11.7. The summed E-state index contributed by atoms with van der Waals surface area (Å²) in [7, 11) is 0. The fraction of sp³-hybridized carbons (Fsp3) is 0.333. The minimum Gasteiger partial charge on any atom is -0.456 e. The zero-order chi connectivity index (χ0) is 16.9. The summed E-state index contributed by atoms with van der Waals surface area (Å²) in [5.41, 5.74) is 0.477. The number of hydrogen-bond acceptors (Lipinski definition) is 4. The highest BCUT2D eigenvalue weighted by atomic mass is 35.5. The zero-order valence-electron chi connectivity index (χ0n) is 13.1. The molecule has 0 aliphatic heterocycles. The zero-order valence-corrected chi connectivity index (χ0v) is 13.9. The fourth-order valence-corrected chi connectivity index (χ4v) is 2.79. The van der Waals surface area contributed by atoms with Crippen LogP contribution in [0.15, 0.2) is 42.7 Å². The highest BCUT2D eigenvalue weighted by molar-refractivity contribution is 6.32. The standard InChI is InChI=1S/C18H19ClN2O3/c19-15-11-13(18(23)21-16(7-10-22)12-1-2-12)3-4-17(15)24-14-5-8-20-9-6-14/h3-6,8-9,11-12,16,22H,1-2,7,10H2,(H,21,23). The maximum atomic E-state index is 12.4. The molecule has 1 aromatic heterocycles. The number of pyridine rings is 1. The largest absolute Gasteiger partial charge is 0.456 e. The van der Waals surface area contributed by atoms with Crippen molar-refractivity contribution in [3.8, 4) is 11.5 Å². The van der Waals surface area contributed by atoms with E-state index < -0.39 is 0 Å². The molecule has 1 amide bonds. The van der Waals surface area contributed by atoms with Crippen LogP contribution in [0.3, 0.4) is 0 Å². The minimum atomic E-state index is -0.183. The summed E-state index contributed by atoms with van der Waals surface area (Å²) in [6.07, 6.45) is 6.04. The number of aliphatic hydroxyl groups is 1. The molecule has 6 heteroatoms. The van der Waals surface area contributed by atoms with Crippen molar-refractivity contribution in [2.75, 3.05) is 6.61 Å². The molecular formula is C18H19ClN2O3. The van der Waals surface area contributed by atoms with E-state index in [1.54, 1.807) is 42.7 Å². The van der Waals surface area contributed by atoms with Gasteiger partial charge in [-0.05, 0) is 55.5 Å². The summed E-state index contributed by atoms with van der Waals surface area (Å²) in [5, 5.41) is 12.5. The summed E-state index contributed by atoms with van der Waals surface area (Å²) in [6, 6.07) is 8.43. The number of nitrogens with zero attached hydrogens (tertiary/aromatic N) is 1. The van der Waals surface area contributed by atoms with Crippen molar-refractivity contribution in [1.82, 2.24) is 10.3 Å². The summed E-state index contributed by atoms with van der Waals surface area (Å²) in [4.78, 5) is 16.3. The van der Waals surface area contributed by atoms with Crippen LogP contribution in [-0.2, 0) is 0 Å². The van der Waals surface area contributed by atoms with E-state index in [9.17, 15) is 4.79 Å². The van der Waals surface area contributed by atoms with Crippen LogP contribution in [0.2, 0.25) is 5.02 Å². The number of aliphatic hydroxyl groups excluding tert-OH is 1. The minimum absolute atomic E-state index is 0.0222. The summed E-state index contributed by atoms with van der Waals surface area (Å²) in [6.45, 7) is 0.0704. The summed E-state index contributed by atoms with van der Waals surface area (Å²) < 4.78 is 5.68. The first-order valence-electron chi connectivity index (χ1n) is 7.96. The maximum absolute atomic E-state index is 12.4. The van der Waals surface area contributed by atoms with Gasteiger partial charge in [-0.3, -0.25) is 9.78 Å². The molecule has 0 bridgehead atoms. The Morgan fingerprint density at radius 1 is 1.33 bits per heavy atom. The van der Waals surface area contributed by atoms with E-state index in [0.29, 0.717) is 34.4 Å². The molecule has 3 rings (SSSR count). The van der Waals surface area contributed by atoms with Crippen molar-refractivity contribution >= 4 is 17.5 Å². The summed E-state index contributed by atoms with van der Waals surface area (Å²) >= 11 is 6.24. The Bertz CT molecular complexity index is 705. The van der Waals surface area contributed by atoms with Gasteiger partial charge in [0, 0.05) is 30.6 Å². The third-order valence-electron chi connectivity index (χ3n) is 4.02. The number of benzene rings is 1. The molecule has 1 saturated carbocycles. The topological polar surface area (TPSA) is 71.5 Å². The van der Waals surface area contributed by atoms with Gasteiger partial charge in [-0.1, -0.05) is 11.6 Å². The van der Waals surface area contributed by atoms with Crippen LogP contribution in [0.25, 0.3) is 0 Å². The first-order valence-corrected chi connectivity index (χ1v) is 8.34. The van der Waals surface area contributed by atoms with Crippen LogP contribution >= 0.6 is 11.6 Å². The molecule has 1 aliphatic rings. The molecule has 2 aromatic rings. The van der Waals surface area contributed by atoms with Crippen LogP contribution in [0.1, 0.15) is 29.6 Å². The van der Waals surface area contributed by atoms with E-state index in [1.807, 2.05) is 0 Å². The maximum Gasteiger partial charge on any atom is 0.251 e. The SMILES string of the molecule is O=C(NC(CCO)C1CC1)c1ccc(Oc2ccncc2)c(Cl)c1. The Labute approximate surface area is 145 Å². The lowest BCUT2D eigenvalue weighted by Crippen LogP contribution is -2.37. The highest BCUT2D eigenvalue weighted by Gasteiger charge is 2.32. The van der Waals surface area contributed by atoms with Crippen molar-refractivity contribution in [2.45, 2.75) is 25.3 Å². The molecule has 1 atom stereocenters. The second-order valence-corrected chi connectivity index (χ2v) is 6.27. The predicted molar refractivity (Wildman–Crippen MR) is 91.4 cm³/mol. The highest BCUT2D eigenvalue weighted by Crippen LogP contribution is 2.34. The number of carbonyl (C=O) groups excluding carboxylic acids is 1. The van der Waals surface area contributed by atoms with E-state index in [0.717, 1.165) is 12.8 Å². The van der Waals surface area contributed by atoms with E-state index in [-0.39, 0.29) is 18.6 Å². The molecule has 1 fully saturated rings. The number of aromatic nitrogens is 1. The lowest BCUT2D eigenvalue weighted by molar-refractivity contribution is 0.0924. The van der Waals surface area contributed by atoms with Gasteiger partial charge in [0.15, 0.2) is 0 Å². The predicted octanol–water partition coefficient (Wildman–Crippen LogP) is 3.42. The molecule has 0 saturated heterocycles. The van der Waals surface area contributed by atoms with Crippen LogP contribution in [-0.4, -0.2) is 28.6 Å². The van der Waals surface area contributed by atoms with Gasteiger partial charge >= 0.3 is 0 Å². The van der Waals surface area contributed by atoms with Gasteiger partial charge in [0.05, 0.1) is 5.02 Å². The van der Waals surface area contributed by atoms with Gasteiger partial charge in [0.25, 0.3) is 5.91 Å². The molecule has 1 aliphatic carbocycles. The Morgan fingerprint density at radius 2 is 2.08 bits per heavy atom. The van der Waals surface area contributed by atoms with E-state index >= 15 is 0 Å². The molecule has 126 valence electrons. The van der Waals surface area contributed by atoms with Crippen molar-refractivity contribution in [3.05, 3.63) is 53.3 Å². The quantitative estimate of drug-likeness (QED) is 0.805. The number of carbonyl (C=O) groups is 1. The van der Waals surface area contributed by atoms with Crippen molar-refractivity contribution in [2.24, 2.45) is 5.92 Å². The molecule has 0 spiro atoms. The smallest absolute Gasteiger partial charge is 0.251 e. The van der Waals surface area contributed by atoms with Gasteiger partial charge < -0.3 is 15.2 Å². The Balaban J connectivity index is 1.68. The molecule has 1 unspecified atom stereocenters. The lowest BCUT2D eigenvalue weighted by Gasteiger charge is -2.17. The third-order valence-corrected chi connectivity index (χ3v) is 4.31. The fourth-order valence-electron chi connectivity index (χ4n) is 2.57. The second kappa shape index (κ2) is 7.64. The van der Waals surface area contributed by atoms with Gasteiger partial charge in [-0.25, -0.2) is 0 Å². The molecular weight excluding hydrogens is 328 g/mol. The Morgan fingerprint density at radius 3 is 2.71 bits per heavy atom. The first kappa shape index (κ1) is 16.7. The number of rotatable bonds is 7. The Kier molecular flexibility index (Phi) is 5.33. The van der Waals surface area contributed by atoms with Crippen molar-refractivity contribution in [1.29, 1.82) is 0 Å². The molecule has 1 heterocycles. The van der Waals surface area contributed by atoms with Crippen LogP contribution in [0.4, 0.5) is 0 Å². The molecule has 5 nitrogen and oxygen atoms in total. The number of ether oxygens (including phenoxy) is 1. The molecule has 24 heavy (non-hydrogen) atoms. The average molecular weight is 347 g/mol. The van der Waals surface area contributed by atoms with Crippen LogP contribution in [0.5, 0.6) is 11.5 Å². The van der Waals surface area contributed by atoms with Crippen molar-refractivity contribution in [3.63, 3.8) is 0 Å². The normalized spacial score (nSPS) is 14.9. The van der Waals surface area contributed by atoms with Gasteiger partial charge in [0.2, 0.25) is 0 Å². The third kappa shape index (κ3) is 4.24. The monoisotopic (exact) mass is 346 g/mol. The van der Waals surface area contributed by atoms with Gasteiger partial charge in [-0.15, -0.1) is 0 Å². The van der Waals surface area contributed by atoms with E-state index in [1.165, 1.54) is 0 Å². The summed E-state index contributed by atoms with van der Waals surface area (Å²) in [5.74, 6) is 1.40. The molecule has 0 radical (unpaired) electrons. The van der Waals surface area contributed by atoms with Gasteiger partial charge in [-0.2, -0.15) is 0 Å². The lowest BCUT2D eigenvalue weighted by atomic mass is 10.1. The number of hydrogen-bond donors (Lipinski definition) is 2. The average Bonchev–Trinajstić information content (AvgIpc) is 3.42. The molecule has 1 aromatic carbocycles. The number of nitrogens with one attached hydrogen (secondary N) is 1. The van der Waals surface area contributed by atoms with Crippen molar-refractivity contribution < 1.29 is 14.6 Å². The number of halogens is 1. The Hall–Kier alpha value is -2.11. The van der Waals surface area contributed by atoms with E-state index in [2.05, 4.69) is 10.3 Å². The number of amides is 1. The van der Waals surface area contributed by atoms with Crippen LogP contribution < -0.4 is 10.1 Å². The van der Waals surface area contributed by atoms with E-state index in [4.69, 9.17) is 21.4 Å². The van der Waals surface area contributed by atoms with Gasteiger partial charge in [0.1, 0.15) is 11.5 Å². The second-order valence-electron chi connectivity index (χ2n) is 5.86. The molecule has 2 N–H and O–H groups in total.